The van der Waals surface area contributed by atoms with E-state index in [1.54, 1.807) is 0 Å². The molecule has 1 aromatic heterocycles. The zero-order valence-electron chi connectivity index (χ0n) is 15.8. The first-order chi connectivity index (χ1) is 14.3. The fraction of sp³-hybridized carbons (Fsp3) is 0.636. The minimum Gasteiger partial charge on any atom is -0.388 e. The van der Waals surface area contributed by atoms with E-state index in [0.29, 0.717) is 0 Å². The van der Waals surface area contributed by atoms with E-state index in [1.165, 1.54) is 6.07 Å². The van der Waals surface area contributed by atoms with Crippen LogP contribution in [0.1, 0.15) is 13.2 Å². The van der Waals surface area contributed by atoms with Gasteiger partial charge in [0, 0.05) is 6.20 Å². The van der Waals surface area contributed by atoms with E-state index in [1.807, 2.05) is 0 Å². The zero-order chi connectivity index (χ0) is 24.8. The summed E-state index contributed by atoms with van der Waals surface area (Å²) in [6.45, 7) is -1.81. The molecule has 0 amide bonds. The molecule has 16 nitrogen and oxygen atoms in total. The molecule has 2 heterocycles. The van der Waals surface area contributed by atoms with Gasteiger partial charge in [0.1, 0.15) is 23.5 Å². The van der Waals surface area contributed by atoms with Crippen LogP contribution < -0.4 is 11.4 Å². The molecule has 1 saturated heterocycles. The van der Waals surface area contributed by atoms with Crippen molar-refractivity contribution < 1.29 is 60.6 Å². The summed E-state index contributed by atoms with van der Waals surface area (Å²) in [5, 5.41) is 10.5. The van der Waals surface area contributed by atoms with Crippen LogP contribution >= 0.6 is 35.1 Å². The van der Waals surface area contributed by atoms with Crippen LogP contribution in [-0.2, 0) is 31.6 Å². The fourth-order valence-corrected chi connectivity index (χ4v) is 6.16. The van der Waals surface area contributed by atoms with E-state index in [9.17, 15) is 32.9 Å². The topological polar surface area (TPSA) is 250 Å². The number of nitrogen functional groups attached to an aromatic ring is 1. The number of rotatable bonds is 9. The lowest BCUT2D eigenvalue weighted by atomic mass is 9.91. The number of nitrogens with zero attached hydrogens (tertiary/aromatic N) is 2. The number of nitrogens with two attached hydrogens (primary N) is 1. The molecule has 0 spiro atoms. The average Bonchev–Trinajstić information content (AvgIpc) is 2.78. The van der Waals surface area contributed by atoms with Gasteiger partial charge >= 0.3 is 29.2 Å². The van der Waals surface area contributed by atoms with Gasteiger partial charge < -0.3 is 35.2 Å². The van der Waals surface area contributed by atoms with E-state index >= 15 is 0 Å². The van der Waals surface area contributed by atoms with Crippen molar-refractivity contribution in [2.24, 2.45) is 0 Å². The van der Waals surface area contributed by atoms with Gasteiger partial charge in [0.2, 0.25) is 0 Å². The van der Waals surface area contributed by atoms with E-state index in [-0.39, 0.29) is 5.82 Å². The Balaban J connectivity index is 2.27. The molecule has 7 N–H and O–H groups in total. The van der Waals surface area contributed by atoms with Crippen LogP contribution in [0.2, 0.25) is 0 Å². The Morgan fingerprint density at radius 2 is 1.88 bits per heavy atom. The molecule has 1 aliphatic heterocycles. The van der Waals surface area contributed by atoms with Crippen LogP contribution in [0, 0.1) is 0 Å². The van der Waals surface area contributed by atoms with Crippen molar-refractivity contribution in [2.45, 2.75) is 29.7 Å². The maximum absolute atomic E-state index is 13.9. The molecular formula is C11H18ClFN3O13P3. The monoisotopic (exact) mass is 547 g/mol. The third kappa shape index (κ3) is 6.21. The van der Waals surface area contributed by atoms with Crippen LogP contribution in [0.3, 0.4) is 0 Å². The van der Waals surface area contributed by atoms with E-state index < -0.39 is 65.2 Å². The van der Waals surface area contributed by atoms with Crippen molar-refractivity contribution in [3.05, 3.63) is 22.7 Å². The number of hydrogen-bond donors (Lipinski definition) is 6. The largest absolute Gasteiger partial charge is 0.490 e. The molecule has 32 heavy (non-hydrogen) atoms. The lowest BCUT2D eigenvalue weighted by Gasteiger charge is -2.30. The molecule has 184 valence electrons. The van der Waals surface area contributed by atoms with Crippen molar-refractivity contribution in [3.63, 3.8) is 0 Å². The highest BCUT2D eigenvalue weighted by Gasteiger charge is 2.63. The van der Waals surface area contributed by atoms with E-state index in [4.69, 9.17) is 36.8 Å². The SMILES string of the molecule is C[C@]1(Cl)C(n2ccc(N)nc2=O)O[C@](CF)(COP(=O)(O)OP(=O)(O)OP(=O)(O)O)[C@H]1O. The van der Waals surface area contributed by atoms with Crippen molar-refractivity contribution in [3.8, 4) is 0 Å². The van der Waals surface area contributed by atoms with Gasteiger partial charge in [-0.05, 0) is 13.0 Å². The average molecular weight is 548 g/mol. The van der Waals surface area contributed by atoms with Gasteiger partial charge in [-0.2, -0.15) is 13.6 Å². The van der Waals surface area contributed by atoms with Crippen molar-refractivity contribution >= 4 is 40.9 Å². The van der Waals surface area contributed by atoms with Gasteiger partial charge in [0.15, 0.2) is 11.8 Å². The molecule has 0 aromatic carbocycles. The Morgan fingerprint density at radius 3 is 2.38 bits per heavy atom. The summed E-state index contributed by atoms with van der Waals surface area (Å²) in [6.07, 6.45) is -2.53. The summed E-state index contributed by atoms with van der Waals surface area (Å²) in [4.78, 5) is 49.3. The van der Waals surface area contributed by atoms with Crippen LogP contribution in [0.15, 0.2) is 17.1 Å². The minimum atomic E-state index is -5.83. The number of phosphoric acid groups is 3. The number of ether oxygens (including phenoxy) is 1. The van der Waals surface area contributed by atoms with E-state index in [2.05, 4.69) is 18.1 Å². The smallest absolute Gasteiger partial charge is 0.388 e. The number of halogens is 2. The molecule has 0 saturated carbocycles. The molecule has 0 radical (unpaired) electrons. The molecule has 2 rings (SSSR count). The van der Waals surface area contributed by atoms with Crippen LogP contribution in [-0.4, -0.2) is 64.1 Å². The molecule has 6 atom stereocenters. The van der Waals surface area contributed by atoms with Crippen LogP contribution in [0.25, 0.3) is 0 Å². The number of phosphoric ester groups is 1. The first-order valence-electron chi connectivity index (χ1n) is 8.08. The standard InChI is InChI=1S/C11H18ClFN3O13P3/c1-10(12)7(17)11(4-13,27-8(10)16-3-2-6(14)15-9(16)18)5-26-31(22,23)29-32(24,25)28-30(19,20)21/h2-3,7-8,17H,4-5H2,1H3,(H,22,23)(H,24,25)(H2,14,15,18)(H2,19,20,21)/t7-,8?,10+,11+/m0/s1. The number of anilines is 1. The normalized spacial score (nSPS) is 32.4. The van der Waals surface area contributed by atoms with Gasteiger partial charge in [0.05, 0.1) is 6.61 Å². The highest BCUT2D eigenvalue weighted by atomic mass is 35.5. The van der Waals surface area contributed by atoms with Gasteiger partial charge in [0.25, 0.3) is 0 Å². The number of hydrogen-bond acceptors (Lipinski definition) is 11. The van der Waals surface area contributed by atoms with Crippen LogP contribution in [0.5, 0.6) is 0 Å². The van der Waals surface area contributed by atoms with Gasteiger partial charge in [-0.15, -0.1) is 11.6 Å². The van der Waals surface area contributed by atoms with Gasteiger partial charge in [-0.25, -0.2) is 22.9 Å². The molecule has 3 unspecified atom stereocenters. The van der Waals surface area contributed by atoms with Crippen molar-refractivity contribution in [1.82, 2.24) is 9.55 Å². The highest BCUT2D eigenvalue weighted by molar-refractivity contribution is 7.66. The first kappa shape index (κ1) is 27.5. The lowest BCUT2D eigenvalue weighted by molar-refractivity contribution is -0.135. The summed E-state index contributed by atoms with van der Waals surface area (Å²) in [5.74, 6) is -0.162. The third-order valence-corrected chi connectivity index (χ3v) is 8.26. The zero-order valence-corrected chi connectivity index (χ0v) is 19.2. The Bertz CT molecular complexity index is 1070. The predicted octanol–water partition coefficient (Wildman–Crippen LogP) is -0.236. The quantitative estimate of drug-likeness (QED) is 0.172. The number of aliphatic hydroxyl groups excluding tert-OH is 1. The summed E-state index contributed by atoms with van der Waals surface area (Å²) in [5.41, 5.74) is 1.89. The Morgan fingerprint density at radius 1 is 1.28 bits per heavy atom. The summed E-state index contributed by atoms with van der Waals surface area (Å²) < 4.78 is 65.5. The van der Waals surface area contributed by atoms with E-state index in [0.717, 1.165) is 17.7 Å². The number of alkyl halides is 2. The Kier molecular flexibility index (Phi) is 7.83. The minimum absolute atomic E-state index is 0.162. The number of aromatic nitrogens is 2. The highest BCUT2D eigenvalue weighted by Crippen LogP contribution is 2.66. The third-order valence-electron chi connectivity index (χ3n) is 4.08. The summed E-state index contributed by atoms with van der Waals surface area (Å²) >= 11 is 6.25. The predicted molar refractivity (Wildman–Crippen MR) is 102 cm³/mol. The fourth-order valence-electron chi connectivity index (χ4n) is 2.73. The lowest BCUT2D eigenvalue weighted by Crippen LogP contribution is -2.51. The molecule has 1 aliphatic rings. The molecular weight excluding hydrogens is 530 g/mol. The van der Waals surface area contributed by atoms with Gasteiger partial charge in [-0.1, -0.05) is 0 Å². The maximum Gasteiger partial charge on any atom is 0.490 e. The van der Waals surface area contributed by atoms with Crippen molar-refractivity contribution in [2.75, 3.05) is 19.0 Å². The summed E-state index contributed by atoms with van der Waals surface area (Å²) in [6, 6.07) is 1.17. The Labute approximate surface area is 183 Å². The Hall–Kier alpha value is -0.770. The maximum atomic E-state index is 13.9. The molecule has 0 bridgehead atoms. The second-order valence-corrected chi connectivity index (χ2v) is 11.9. The number of aliphatic hydroxyl groups is 1. The van der Waals surface area contributed by atoms with Gasteiger partial charge in [-0.3, -0.25) is 9.09 Å². The summed E-state index contributed by atoms with van der Waals surface area (Å²) in [7, 11) is -17.1. The van der Waals surface area contributed by atoms with Crippen molar-refractivity contribution in [1.29, 1.82) is 0 Å². The second-order valence-electron chi connectivity index (χ2n) is 6.63. The first-order valence-corrected chi connectivity index (χ1v) is 13.0. The molecule has 21 heteroatoms. The van der Waals surface area contributed by atoms with Crippen LogP contribution in [0.4, 0.5) is 10.2 Å². The second kappa shape index (κ2) is 9.12. The molecule has 1 fully saturated rings. The molecule has 0 aliphatic carbocycles. The molecule has 1 aromatic rings.